The summed E-state index contributed by atoms with van der Waals surface area (Å²) in [7, 11) is 1.86. The molecule has 2 aromatic heterocycles. The lowest BCUT2D eigenvalue weighted by atomic mass is 10.2. The summed E-state index contributed by atoms with van der Waals surface area (Å²) in [4.78, 5) is 0. The monoisotopic (exact) mass is 277 g/mol. The van der Waals surface area contributed by atoms with Gasteiger partial charge in [0.15, 0.2) is 0 Å². The van der Waals surface area contributed by atoms with Crippen LogP contribution in [0.15, 0.2) is 30.5 Å². The average Bonchev–Trinajstić information content (AvgIpc) is 2.86. The molecule has 0 aliphatic carbocycles. The first kappa shape index (κ1) is 12.2. The Hall–Kier alpha value is -1.81. The highest BCUT2D eigenvalue weighted by atomic mass is 35.5. The number of fused-ring (bicyclic) bond motifs is 1. The predicted octanol–water partition coefficient (Wildman–Crippen LogP) is 3.52. The molecule has 0 radical (unpaired) electrons. The molecular formula is C14H13ClFN3. The molecule has 0 spiro atoms. The lowest BCUT2D eigenvalue weighted by molar-refractivity contribution is 0.627. The first-order valence-electron chi connectivity index (χ1n) is 5.98. The Bertz CT molecular complexity index is 757. The second kappa shape index (κ2) is 4.38. The molecule has 0 fully saturated rings. The molecule has 1 aromatic carbocycles. The lowest BCUT2D eigenvalue weighted by Gasteiger charge is -2.07. The fourth-order valence-corrected chi connectivity index (χ4v) is 2.53. The molecule has 0 bridgehead atoms. The Morgan fingerprint density at radius 2 is 2.11 bits per heavy atom. The topological polar surface area (TPSA) is 22.8 Å². The minimum Gasteiger partial charge on any atom is -0.341 e. The van der Waals surface area contributed by atoms with Crippen LogP contribution >= 0.6 is 11.6 Å². The van der Waals surface area contributed by atoms with Gasteiger partial charge in [0, 0.05) is 13.2 Å². The summed E-state index contributed by atoms with van der Waals surface area (Å²) < 4.78 is 17.1. The van der Waals surface area contributed by atoms with Crippen molar-refractivity contribution in [3.05, 3.63) is 52.7 Å². The van der Waals surface area contributed by atoms with Gasteiger partial charge in [-0.05, 0) is 36.6 Å². The zero-order chi connectivity index (χ0) is 13.6. The van der Waals surface area contributed by atoms with Crippen molar-refractivity contribution in [1.82, 2.24) is 14.3 Å². The van der Waals surface area contributed by atoms with Crippen LogP contribution in [0.1, 0.15) is 11.4 Å². The van der Waals surface area contributed by atoms with Crippen molar-refractivity contribution in [2.75, 3.05) is 0 Å². The molecule has 0 unspecified atom stereocenters. The van der Waals surface area contributed by atoms with Crippen molar-refractivity contribution in [3.8, 4) is 0 Å². The molecule has 0 N–H and O–H groups in total. The van der Waals surface area contributed by atoms with Gasteiger partial charge in [-0.3, -0.25) is 4.68 Å². The molecule has 0 atom stereocenters. The summed E-state index contributed by atoms with van der Waals surface area (Å²) in [5.74, 6) is -0.236. The van der Waals surface area contributed by atoms with Crippen molar-refractivity contribution < 1.29 is 4.39 Å². The smallest absolute Gasteiger partial charge is 0.125 e. The van der Waals surface area contributed by atoms with Gasteiger partial charge in [0.05, 0.1) is 28.5 Å². The standard InChI is InChI=1S/C14H13ClFN3/c1-9-14(15)13(18(2)17-9)8-19-6-5-10-3-4-11(16)7-12(10)19/h3-7H,8H2,1-2H3. The Kier molecular flexibility index (Phi) is 2.82. The Balaban J connectivity index is 2.08. The highest BCUT2D eigenvalue weighted by Crippen LogP contribution is 2.23. The summed E-state index contributed by atoms with van der Waals surface area (Å²) >= 11 is 6.24. The minimum absolute atomic E-state index is 0.236. The van der Waals surface area contributed by atoms with E-state index in [0.717, 1.165) is 22.3 Å². The fourth-order valence-electron chi connectivity index (χ4n) is 2.31. The van der Waals surface area contributed by atoms with E-state index >= 15 is 0 Å². The van der Waals surface area contributed by atoms with Gasteiger partial charge in [-0.25, -0.2) is 4.39 Å². The van der Waals surface area contributed by atoms with E-state index in [1.807, 2.05) is 30.8 Å². The van der Waals surface area contributed by atoms with E-state index in [1.54, 1.807) is 10.7 Å². The highest BCUT2D eigenvalue weighted by Gasteiger charge is 2.12. The van der Waals surface area contributed by atoms with Gasteiger partial charge in [-0.15, -0.1) is 0 Å². The zero-order valence-corrected chi connectivity index (χ0v) is 11.4. The molecule has 2 heterocycles. The van der Waals surface area contributed by atoms with Gasteiger partial charge in [-0.2, -0.15) is 5.10 Å². The van der Waals surface area contributed by atoms with Crippen LogP contribution in [0, 0.1) is 12.7 Å². The van der Waals surface area contributed by atoms with Gasteiger partial charge in [0.1, 0.15) is 5.82 Å². The van der Waals surface area contributed by atoms with Gasteiger partial charge in [0.2, 0.25) is 0 Å². The van der Waals surface area contributed by atoms with E-state index in [-0.39, 0.29) is 5.82 Å². The summed E-state index contributed by atoms with van der Waals surface area (Å²) in [6.45, 7) is 2.45. The summed E-state index contributed by atoms with van der Waals surface area (Å²) in [6, 6.07) is 6.74. The van der Waals surface area contributed by atoms with Gasteiger partial charge >= 0.3 is 0 Å². The van der Waals surface area contributed by atoms with E-state index in [1.165, 1.54) is 12.1 Å². The summed E-state index contributed by atoms with van der Waals surface area (Å²) in [5, 5.41) is 5.96. The van der Waals surface area contributed by atoms with E-state index in [0.29, 0.717) is 11.6 Å². The van der Waals surface area contributed by atoms with Crippen molar-refractivity contribution in [1.29, 1.82) is 0 Å². The molecule has 98 valence electrons. The van der Waals surface area contributed by atoms with Gasteiger partial charge < -0.3 is 4.57 Å². The molecule has 0 saturated heterocycles. The van der Waals surface area contributed by atoms with Crippen LogP contribution in [0.4, 0.5) is 4.39 Å². The van der Waals surface area contributed by atoms with Crippen LogP contribution < -0.4 is 0 Å². The van der Waals surface area contributed by atoms with Crippen LogP contribution in [0.2, 0.25) is 5.02 Å². The van der Waals surface area contributed by atoms with Crippen LogP contribution in [-0.2, 0) is 13.6 Å². The molecule has 3 rings (SSSR count). The van der Waals surface area contributed by atoms with Gasteiger partial charge in [0.25, 0.3) is 0 Å². The third kappa shape index (κ3) is 2.02. The van der Waals surface area contributed by atoms with Crippen LogP contribution in [0.25, 0.3) is 10.9 Å². The largest absolute Gasteiger partial charge is 0.341 e. The van der Waals surface area contributed by atoms with Crippen LogP contribution in [0.3, 0.4) is 0 Å². The number of aromatic nitrogens is 3. The molecule has 3 nitrogen and oxygen atoms in total. The first-order chi connectivity index (χ1) is 9.06. The normalized spacial score (nSPS) is 11.4. The number of aryl methyl sites for hydroxylation is 2. The maximum absolute atomic E-state index is 13.3. The number of hydrogen-bond donors (Lipinski definition) is 0. The number of benzene rings is 1. The lowest BCUT2D eigenvalue weighted by Crippen LogP contribution is -2.05. The first-order valence-corrected chi connectivity index (χ1v) is 6.36. The fraction of sp³-hybridized carbons (Fsp3) is 0.214. The van der Waals surface area contributed by atoms with Crippen molar-refractivity contribution in [2.24, 2.45) is 7.05 Å². The van der Waals surface area contributed by atoms with Gasteiger partial charge in [-0.1, -0.05) is 11.6 Å². The third-order valence-electron chi connectivity index (χ3n) is 3.32. The maximum Gasteiger partial charge on any atom is 0.125 e. The van der Waals surface area contributed by atoms with E-state index in [4.69, 9.17) is 11.6 Å². The highest BCUT2D eigenvalue weighted by molar-refractivity contribution is 6.31. The molecule has 0 aliphatic heterocycles. The van der Waals surface area contributed by atoms with E-state index in [9.17, 15) is 4.39 Å². The van der Waals surface area contributed by atoms with E-state index < -0.39 is 0 Å². The molecule has 0 amide bonds. The maximum atomic E-state index is 13.3. The predicted molar refractivity (Wildman–Crippen MR) is 74.0 cm³/mol. The molecule has 3 aromatic rings. The summed E-state index contributed by atoms with van der Waals surface area (Å²) in [6.07, 6.45) is 1.93. The number of halogens is 2. The number of nitrogens with zero attached hydrogens (tertiary/aromatic N) is 3. The molecular weight excluding hydrogens is 265 g/mol. The Morgan fingerprint density at radius 1 is 1.32 bits per heavy atom. The Morgan fingerprint density at radius 3 is 2.79 bits per heavy atom. The third-order valence-corrected chi connectivity index (χ3v) is 3.81. The second-order valence-corrected chi connectivity index (χ2v) is 4.99. The minimum atomic E-state index is -0.236. The molecule has 0 aliphatic rings. The van der Waals surface area contributed by atoms with Crippen molar-refractivity contribution in [2.45, 2.75) is 13.5 Å². The Labute approximate surface area is 115 Å². The SMILES string of the molecule is Cc1nn(C)c(Cn2ccc3ccc(F)cc32)c1Cl. The van der Waals surface area contributed by atoms with Crippen LogP contribution in [0.5, 0.6) is 0 Å². The second-order valence-electron chi connectivity index (χ2n) is 4.62. The number of hydrogen-bond acceptors (Lipinski definition) is 1. The van der Waals surface area contributed by atoms with Crippen LogP contribution in [-0.4, -0.2) is 14.3 Å². The quantitative estimate of drug-likeness (QED) is 0.703. The van der Waals surface area contributed by atoms with Crippen molar-refractivity contribution in [3.63, 3.8) is 0 Å². The number of rotatable bonds is 2. The molecule has 0 saturated carbocycles. The zero-order valence-electron chi connectivity index (χ0n) is 10.7. The molecule has 5 heteroatoms. The molecule has 19 heavy (non-hydrogen) atoms. The average molecular weight is 278 g/mol. The van der Waals surface area contributed by atoms with Crippen molar-refractivity contribution >= 4 is 22.5 Å². The summed E-state index contributed by atoms with van der Waals surface area (Å²) in [5.41, 5.74) is 2.58. The van der Waals surface area contributed by atoms with E-state index in [2.05, 4.69) is 5.10 Å².